The van der Waals surface area contributed by atoms with Gasteiger partial charge in [-0.05, 0) is 41.5 Å². The number of benzene rings is 4. The summed E-state index contributed by atoms with van der Waals surface area (Å²) in [5, 5.41) is 0.613. The monoisotopic (exact) mass is 496 g/mol. The predicted molar refractivity (Wildman–Crippen MR) is 153 cm³/mol. The number of para-hydroxylation sites is 3. The number of pyridine rings is 1. The Labute approximate surface area is 215 Å². The van der Waals surface area contributed by atoms with E-state index >= 15 is 0 Å². The van der Waals surface area contributed by atoms with Gasteiger partial charge in [-0.2, -0.15) is 0 Å². The Bertz CT molecular complexity index is 2060. The smallest absolute Gasteiger partial charge is 0.274 e. The summed E-state index contributed by atoms with van der Waals surface area (Å²) in [6.45, 7) is 0. The van der Waals surface area contributed by atoms with Crippen molar-refractivity contribution < 1.29 is 0 Å². The molecule has 0 unspecified atom stereocenters. The largest absolute Gasteiger partial charge is 0.280 e. The van der Waals surface area contributed by atoms with E-state index in [0.29, 0.717) is 21.9 Å². The number of nitrogens with zero attached hydrogens (tertiary/aromatic N) is 2. The summed E-state index contributed by atoms with van der Waals surface area (Å²) < 4.78 is 4.15. The van der Waals surface area contributed by atoms with Gasteiger partial charge in [0.1, 0.15) is 5.52 Å². The molecule has 0 atom stereocenters. The minimum atomic E-state index is -0.225. The van der Waals surface area contributed by atoms with Crippen molar-refractivity contribution in [3.63, 3.8) is 0 Å². The normalized spacial score (nSPS) is 11.5. The third-order valence-corrected chi connectivity index (χ3v) is 7.96. The van der Waals surface area contributed by atoms with Crippen LogP contribution < -0.4 is 11.1 Å². The van der Waals surface area contributed by atoms with E-state index in [9.17, 15) is 9.59 Å². The highest BCUT2D eigenvalue weighted by Gasteiger charge is 2.23. The van der Waals surface area contributed by atoms with Gasteiger partial charge in [-0.3, -0.25) is 18.6 Å². The first kappa shape index (κ1) is 21.5. The molecule has 0 aliphatic carbocycles. The number of fused-ring (bicyclic) bond motifs is 4. The fourth-order valence-electron chi connectivity index (χ4n) is 5.12. The Morgan fingerprint density at radius 2 is 1.14 bits per heavy atom. The summed E-state index contributed by atoms with van der Waals surface area (Å²) in [7, 11) is 0. The van der Waals surface area contributed by atoms with Crippen molar-refractivity contribution in [2.75, 3.05) is 0 Å². The van der Waals surface area contributed by atoms with Crippen LogP contribution >= 0.6 is 11.3 Å². The lowest BCUT2D eigenvalue weighted by atomic mass is 10.0. The average molecular weight is 497 g/mol. The minimum absolute atomic E-state index is 0.184. The Morgan fingerprint density at radius 3 is 1.81 bits per heavy atom. The van der Waals surface area contributed by atoms with Gasteiger partial charge in [-0.15, -0.1) is 11.3 Å². The van der Waals surface area contributed by atoms with Crippen molar-refractivity contribution in [3.8, 4) is 27.3 Å². The lowest BCUT2D eigenvalue weighted by Crippen LogP contribution is -2.28. The van der Waals surface area contributed by atoms with Crippen LogP contribution in [-0.2, 0) is 0 Å². The SMILES string of the molecule is O=c1c2c(-c3ccccc3)c3sc(-c4ccccc4)cc3c(=O)n2c2ccccc2n1-c1ccccc1. The lowest BCUT2D eigenvalue weighted by molar-refractivity contribution is 1.01. The number of rotatable bonds is 3. The van der Waals surface area contributed by atoms with E-state index in [2.05, 4.69) is 0 Å². The summed E-state index contributed by atoms with van der Waals surface area (Å²) in [5.41, 5.74) is 4.84. The van der Waals surface area contributed by atoms with Gasteiger partial charge in [-0.25, -0.2) is 0 Å². The molecule has 3 aromatic heterocycles. The second-order valence-electron chi connectivity index (χ2n) is 8.91. The molecule has 3 heterocycles. The van der Waals surface area contributed by atoms with Crippen LogP contribution in [0.1, 0.15) is 0 Å². The Morgan fingerprint density at radius 1 is 0.568 bits per heavy atom. The molecule has 0 bridgehead atoms. The molecular weight excluding hydrogens is 476 g/mol. The molecule has 0 N–H and O–H groups in total. The fourth-order valence-corrected chi connectivity index (χ4v) is 6.34. The van der Waals surface area contributed by atoms with Crippen LogP contribution in [0, 0.1) is 0 Å². The van der Waals surface area contributed by atoms with E-state index in [4.69, 9.17) is 0 Å². The van der Waals surface area contributed by atoms with Gasteiger partial charge >= 0.3 is 0 Å². The summed E-state index contributed by atoms with van der Waals surface area (Å²) in [4.78, 5) is 29.6. The number of hydrogen-bond donors (Lipinski definition) is 0. The zero-order valence-corrected chi connectivity index (χ0v) is 20.5. The van der Waals surface area contributed by atoms with E-state index in [1.54, 1.807) is 20.3 Å². The zero-order valence-electron chi connectivity index (χ0n) is 19.7. The number of hydrogen-bond acceptors (Lipinski definition) is 3. The highest BCUT2D eigenvalue weighted by Crippen LogP contribution is 2.40. The van der Waals surface area contributed by atoms with Crippen LogP contribution in [0.15, 0.2) is 131 Å². The molecule has 0 radical (unpaired) electrons. The van der Waals surface area contributed by atoms with E-state index in [-0.39, 0.29) is 11.1 Å². The highest BCUT2D eigenvalue weighted by atomic mass is 32.1. The summed E-state index contributed by atoms with van der Waals surface area (Å²) in [6.07, 6.45) is 0. The van der Waals surface area contributed by atoms with Gasteiger partial charge < -0.3 is 0 Å². The van der Waals surface area contributed by atoms with Crippen molar-refractivity contribution >= 4 is 38.0 Å². The van der Waals surface area contributed by atoms with Crippen molar-refractivity contribution in [1.82, 2.24) is 8.97 Å². The molecule has 4 aromatic carbocycles. The maximum absolute atomic E-state index is 14.4. The van der Waals surface area contributed by atoms with Gasteiger partial charge in [0.25, 0.3) is 11.1 Å². The van der Waals surface area contributed by atoms with Crippen LogP contribution in [0.4, 0.5) is 0 Å². The molecule has 0 amide bonds. The zero-order chi connectivity index (χ0) is 24.9. The van der Waals surface area contributed by atoms with Crippen molar-refractivity contribution in [2.45, 2.75) is 0 Å². The molecule has 176 valence electrons. The second kappa shape index (κ2) is 8.43. The van der Waals surface area contributed by atoms with Crippen LogP contribution in [-0.4, -0.2) is 8.97 Å². The van der Waals surface area contributed by atoms with Gasteiger partial charge in [-0.1, -0.05) is 91.0 Å². The molecular formula is C32H20N2O2S. The molecule has 37 heavy (non-hydrogen) atoms. The maximum atomic E-state index is 14.4. The van der Waals surface area contributed by atoms with E-state index in [1.807, 2.05) is 121 Å². The van der Waals surface area contributed by atoms with Crippen LogP contribution in [0.2, 0.25) is 0 Å². The van der Waals surface area contributed by atoms with E-state index < -0.39 is 0 Å². The van der Waals surface area contributed by atoms with E-state index in [0.717, 1.165) is 32.0 Å². The molecule has 0 spiro atoms. The first-order valence-corrected chi connectivity index (χ1v) is 12.9. The van der Waals surface area contributed by atoms with Crippen LogP contribution in [0.3, 0.4) is 0 Å². The van der Waals surface area contributed by atoms with Gasteiger partial charge in [0, 0.05) is 16.1 Å². The maximum Gasteiger partial charge on any atom is 0.280 e. The predicted octanol–water partition coefficient (Wildman–Crippen LogP) is 7.15. The summed E-state index contributed by atoms with van der Waals surface area (Å²) in [6, 6.07) is 39.1. The second-order valence-corrected chi connectivity index (χ2v) is 9.97. The van der Waals surface area contributed by atoms with Crippen LogP contribution in [0.25, 0.3) is 53.9 Å². The van der Waals surface area contributed by atoms with Gasteiger partial charge in [0.05, 0.1) is 21.1 Å². The highest BCUT2D eigenvalue weighted by molar-refractivity contribution is 7.22. The minimum Gasteiger partial charge on any atom is -0.274 e. The first-order chi connectivity index (χ1) is 18.2. The van der Waals surface area contributed by atoms with Crippen molar-refractivity contribution in [2.24, 2.45) is 0 Å². The molecule has 0 saturated carbocycles. The van der Waals surface area contributed by atoms with E-state index in [1.165, 1.54) is 0 Å². The number of thiophene rings is 1. The molecule has 0 saturated heterocycles. The first-order valence-electron chi connectivity index (χ1n) is 12.0. The number of aromatic nitrogens is 2. The molecule has 0 fully saturated rings. The molecule has 4 nitrogen and oxygen atoms in total. The quantitative estimate of drug-likeness (QED) is 0.244. The summed E-state index contributed by atoms with van der Waals surface area (Å²) in [5.74, 6) is 0. The Kier molecular flexibility index (Phi) is 4.91. The standard InChI is InChI=1S/C32H20N2O2S/c35-31-24-20-27(21-12-4-1-5-13-21)37-30(24)28(22-14-6-2-7-15-22)29-32(36)33(23-16-8-3-9-17-23)25-18-10-11-19-26(25)34(29)31/h1-20H. The third-order valence-electron chi connectivity index (χ3n) is 6.76. The topological polar surface area (TPSA) is 43.5 Å². The Balaban J connectivity index is 1.75. The Hall–Kier alpha value is -4.74. The van der Waals surface area contributed by atoms with Crippen molar-refractivity contribution in [3.05, 3.63) is 142 Å². The lowest BCUT2D eigenvalue weighted by Gasteiger charge is -2.17. The van der Waals surface area contributed by atoms with Crippen molar-refractivity contribution in [1.29, 1.82) is 0 Å². The molecule has 7 aromatic rings. The average Bonchev–Trinajstić information content (AvgIpc) is 3.41. The molecule has 5 heteroatoms. The third kappa shape index (κ3) is 3.29. The van der Waals surface area contributed by atoms with Gasteiger partial charge in [0.2, 0.25) is 0 Å². The van der Waals surface area contributed by atoms with Gasteiger partial charge in [0.15, 0.2) is 0 Å². The molecule has 0 aliphatic rings. The summed E-state index contributed by atoms with van der Waals surface area (Å²) >= 11 is 1.56. The molecule has 7 rings (SSSR count). The fraction of sp³-hybridized carbons (Fsp3) is 0. The molecule has 0 aliphatic heterocycles. The van der Waals surface area contributed by atoms with Crippen LogP contribution in [0.5, 0.6) is 0 Å².